The number of sulfonamides is 1. The van der Waals surface area contributed by atoms with Crippen LogP contribution in [-0.2, 0) is 10.0 Å². The van der Waals surface area contributed by atoms with Crippen molar-refractivity contribution in [2.24, 2.45) is 0 Å². The van der Waals surface area contributed by atoms with Crippen LogP contribution in [0, 0.1) is 0 Å². The van der Waals surface area contributed by atoms with Crippen LogP contribution in [0.25, 0.3) is 0 Å². The largest absolute Gasteiger partial charge is 0.497 e. The smallest absolute Gasteiger partial charge is 0.243 e. The summed E-state index contributed by atoms with van der Waals surface area (Å²) in [6.07, 6.45) is 3.65. The van der Waals surface area contributed by atoms with E-state index in [0.29, 0.717) is 18.0 Å². The van der Waals surface area contributed by atoms with Crippen molar-refractivity contribution in [3.05, 3.63) is 48.0 Å². The van der Waals surface area contributed by atoms with Gasteiger partial charge in [-0.3, -0.25) is 0 Å². The summed E-state index contributed by atoms with van der Waals surface area (Å²) in [4.78, 5) is 0.213. The molecular weight excluding hydrogens is 378 g/mol. The number of nitrogens with zero attached hydrogens (tertiary/aromatic N) is 1. The molecule has 152 valence electrons. The van der Waals surface area contributed by atoms with E-state index in [1.165, 1.54) is 20.3 Å². The quantitative estimate of drug-likeness (QED) is 0.726. The van der Waals surface area contributed by atoms with Crippen LogP contribution in [0.4, 0.5) is 0 Å². The van der Waals surface area contributed by atoms with Crippen LogP contribution in [0.1, 0.15) is 37.3 Å². The van der Waals surface area contributed by atoms with E-state index in [-0.39, 0.29) is 10.9 Å². The normalized spacial score (nSPS) is 18.3. The maximum absolute atomic E-state index is 13.5. The molecule has 6 nitrogen and oxygen atoms in total. The highest BCUT2D eigenvalue weighted by molar-refractivity contribution is 7.89. The van der Waals surface area contributed by atoms with Crippen molar-refractivity contribution in [3.8, 4) is 17.2 Å². The molecule has 1 fully saturated rings. The Hall–Kier alpha value is -2.25. The number of hydrogen-bond donors (Lipinski definition) is 0. The summed E-state index contributed by atoms with van der Waals surface area (Å²) in [6, 6.07) is 12.2. The molecule has 1 heterocycles. The molecular formula is C21H27NO5S. The van der Waals surface area contributed by atoms with Gasteiger partial charge in [0.05, 0.1) is 32.3 Å². The van der Waals surface area contributed by atoms with Gasteiger partial charge in [0.15, 0.2) is 11.5 Å². The average molecular weight is 406 g/mol. The molecule has 0 bridgehead atoms. The fourth-order valence-electron chi connectivity index (χ4n) is 3.64. The van der Waals surface area contributed by atoms with Crippen LogP contribution in [0.3, 0.4) is 0 Å². The zero-order valence-electron chi connectivity index (χ0n) is 16.6. The van der Waals surface area contributed by atoms with Crippen LogP contribution in [-0.4, -0.2) is 40.6 Å². The molecule has 3 rings (SSSR count). The first-order chi connectivity index (χ1) is 13.5. The lowest BCUT2D eigenvalue weighted by atomic mass is 10.0. The molecule has 0 unspecified atom stereocenters. The summed E-state index contributed by atoms with van der Waals surface area (Å²) in [5.41, 5.74) is 0.978. The van der Waals surface area contributed by atoms with Gasteiger partial charge in [-0.1, -0.05) is 25.0 Å². The monoisotopic (exact) mass is 405 g/mol. The van der Waals surface area contributed by atoms with E-state index < -0.39 is 10.0 Å². The molecule has 28 heavy (non-hydrogen) atoms. The summed E-state index contributed by atoms with van der Waals surface area (Å²) in [7, 11) is 0.959. The lowest BCUT2D eigenvalue weighted by Gasteiger charge is -2.30. The second kappa shape index (κ2) is 8.84. The Labute approximate surface area is 167 Å². The molecule has 0 N–H and O–H groups in total. The Balaban J connectivity index is 2.00. The van der Waals surface area contributed by atoms with E-state index in [4.69, 9.17) is 14.2 Å². The predicted molar refractivity (Wildman–Crippen MR) is 108 cm³/mol. The van der Waals surface area contributed by atoms with Gasteiger partial charge in [0.2, 0.25) is 10.0 Å². The Bertz CT molecular complexity index is 896. The average Bonchev–Trinajstić information content (AvgIpc) is 3.00. The SMILES string of the molecule is COc1ccc([C@H]2CCCCCN2S(=O)(=O)c2ccc(OC)c(OC)c2)cc1. The first-order valence-corrected chi connectivity index (χ1v) is 10.8. The third kappa shape index (κ3) is 4.10. The molecule has 0 amide bonds. The lowest BCUT2D eigenvalue weighted by Crippen LogP contribution is -2.34. The van der Waals surface area contributed by atoms with E-state index in [0.717, 1.165) is 37.0 Å². The maximum Gasteiger partial charge on any atom is 0.243 e. The van der Waals surface area contributed by atoms with Crippen LogP contribution in [0.2, 0.25) is 0 Å². The third-order valence-corrected chi connectivity index (χ3v) is 7.07. The summed E-state index contributed by atoms with van der Waals surface area (Å²) in [5.74, 6) is 1.66. The van der Waals surface area contributed by atoms with Crippen molar-refractivity contribution in [1.29, 1.82) is 0 Å². The highest BCUT2D eigenvalue weighted by Crippen LogP contribution is 2.37. The fraction of sp³-hybridized carbons (Fsp3) is 0.429. The zero-order valence-corrected chi connectivity index (χ0v) is 17.4. The van der Waals surface area contributed by atoms with Gasteiger partial charge < -0.3 is 14.2 Å². The van der Waals surface area contributed by atoms with Gasteiger partial charge in [-0.15, -0.1) is 0 Å². The number of benzene rings is 2. The minimum absolute atomic E-state index is 0.202. The summed E-state index contributed by atoms with van der Waals surface area (Å²) in [5, 5.41) is 0. The van der Waals surface area contributed by atoms with Gasteiger partial charge in [-0.25, -0.2) is 8.42 Å². The second-order valence-corrected chi connectivity index (χ2v) is 8.66. The van der Waals surface area contributed by atoms with Crippen molar-refractivity contribution in [2.45, 2.75) is 36.6 Å². The molecule has 0 aliphatic carbocycles. The first-order valence-electron chi connectivity index (χ1n) is 9.39. The van der Waals surface area contributed by atoms with Gasteiger partial charge >= 0.3 is 0 Å². The number of methoxy groups -OCH3 is 3. The number of rotatable bonds is 6. The minimum atomic E-state index is -3.69. The maximum atomic E-state index is 13.5. The van der Waals surface area contributed by atoms with Gasteiger partial charge in [-0.05, 0) is 42.7 Å². The Morgan fingerprint density at radius 1 is 0.857 bits per heavy atom. The zero-order chi connectivity index (χ0) is 20.1. The highest BCUT2D eigenvalue weighted by Gasteiger charge is 2.34. The van der Waals surface area contributed by atoms with Crippen LogP contribution in [0.5, 0.6) is 17.2 Å². The number of hydrogen-bond acceptors (Lipinski definition) is 5. The van der Waals surface area contributed by atoms with Crippen LogP contribution >= 0.6 is 0 Å². The molecule has 1 atom stereocenters. The van der Waals surface area contributed by atoms with Gasteiger partial charge in [0.25, 0.3) is 0 Å². The molecule has 7 heteroatoms. The topological polar surface area (TPSA) is 65.1 Å². The Morgan fingerprint density at radius 3 is 2.21 bits per heavy atom. The van der Waals surface area contributed by atoms with E-state index in [9.17, 15) is 8.42 Å². The van der Waals surface area contributed by atoms with E-state index in [1.807, 2.05) is 24.3 Å². The standard InChI is InChI=1S/C21H27NO5S/c1-25-17-10-8-16(9-11-17)19-7-5-4-6-14-22(19)28(23,24)18-12-13-20(26-2)21(15-18)27-3/h8-13,15,19H,4-7,14H2,1-3H3/t19-/m1/s1. The van der Waals surface area contributed by atoms with E-state index in [2.05, 4.69) is 0 Å². The second-order valence-electron chi connectivity index (χ2n) is 6.77. The molecule has 1 aliphatic rings. The molecule has 2 aromatic carbocycles. The van der Waals surface area contributed by atoms with Crippen molar-refractivity contribution >= 4 is 10.0 Å². The van der Waals surface area contributed by atoms with Crippen molar-refractivity contribution in [2.75, 3.05) is 27.9 Å². The van der Waals surface area contributed by atoms with Gasteiger partial charge in [0.1, 0.15) is 5.75 Å². The fourth-order valence-corrected chi connectivity index (χ4v) is 5.34. The molecule has 0 aromatic heterocycles. The van der Waals surface area contributed by atoms with Crippen molar-refractivity contribution in [3.63, 3.8) is 0 Å². The molecule has 0 saturated carbocycles. The van der Waals surface area contributed by atoms with Gasteiger partial charge in [0, 0.05) is 12.6 Å². The first kappa shape index (κ1) is 20.5. The van der Waals surface area contributed by atoms with Crippen LogP contribution < -0.4 is 14.2 Å². The molecule has 2 aromatic rings. The summed E-state index contributed by atoms with van der Waals surface area (Å²) in [6.45, 7) is 0.493. The van der Waals surface area contributed by atoms with Crippen LogP contribution in [0.15, 0.2) is 47.4 Å². The Kier molecular flexibility index (Phi) is 6.46. The predicted octanol–water partition coefficient (Wildman–Crippen LogP) is 4.02. The molecule has 1 saturated heterocycles. The highest BCUT2D eigenvalue weighted by atomic mass is 32.2. The minimum Gasteiger partial charge on any atom is -0.497 e. The van der Waals surface area contributed by atoms with Crippen molar-refractivity contribution < 1.29 is 22.6 Å². The lowest BCUT2D eigenvalue weighted by molar-refractivity contribution is 0.327. The Morgan fingerprint density at radius 2 is 1.57 bits per heavy atom. The van der Waals surface area contributed by atoms with E-state index >= 15 is 0 Å². The summed E-state index contributed by atoms with van der Waals surface area (Å²) < 4.78 is 44.4. The van der Waals surface area contributed by atoms with E-state index in [1.54, 1.807) is 23.5 Å². The van der Waals surface area contributed by atoms with Gasteiger partial charge in [-0.2, -0.15) is 4.31 Å². The molecule has 0 radical (unpaired) electrons. The molecule has 0 spiro atoms. The third-order valence-electron chi connectivity index (χ3n) is 5.17. The molecule has 1 aliphatic heterocycles. The van der Waals surface area contributed by atoms with Crippen molar-refractivity contribution in [1.82, 2.24) is 4.31 Å². The summed E-state index contributed by atoms with van der Waals surface area (Å²) >= 11 is 0. The number of ether oxygens (including phenoxy) is 3.